The van der Waals surface area contributed by atoms with Crippen LogP contribution in [0.15, 0.2) is 53.8 Å². The monoisotopic (exact) mass is 545 g/mol. The number of ether oxygens (including phenoxy) is 1. The van der Waals surface area contributed by atoms with Crippen LogP contribution in [0.2, 0.25) is 0 Å². The first-order chi connectivity index (χ1) is 18.2. The number of rotatable bonds is 7. The molecule has 1 aliphatic heterocycles. The number of fused-ring (bicyclic) bond motifs is 1. The SMILES string of the molecule is C[C@@H]1CN([C@@H](C)CO)C(=O)CCCn2nncc2CO[C@H]1CN(C)S(=O)(=O)c1ccc(-n2cccn2)cc1. The van der Waals surface area contributed by atoms with E-state index in [1.165, 1.54) is 11.4 Å². The molecule has 2 aromatic heterocycles. The summed E-state index contributed by atoms with van der Waals surface area (Å²) >= 11 is 0. The number of aliphatic hydroxyl groups is 1. The molecule has 38 heavy (non-hydrogen) atoms. The molecule has 1 aromatic carbocycles. The van der Waals surface area contributed by atoms with E-state index >= 15 is 0 Å². The van der Waals surface area contributed by atoms with Gasteiger partial charge in [0.25, 0.3) is 0 Å². The minimum Gasteiger partial charge on any atom is -0.394 e. The van der Waals surface area contributed by atoms with Gasteiger partial charge in [-0.15, -0.1) is 5.10 Å². The normalized spacial score (nSPS) is 20.6. The number of carbonyl (C=O) groups is 1. The van der Waals surface area contributed by atoms with Gasteiger partial charge in [-0.25, -0.2) is 17.8 Å². The largest absolute Gasteiger partial charge is 0.394 e. The predicted molar refractivity (Wildman–Crippen MR) is 139 cm³/mol. The van der Waals surface area contributed by atoms with Crippen molar-refractivity contribution in [3.05, 3.63) is 54.6 Å². The standard InChI is InChI=1S/C25H35N7O5S/c1-19-15-30(20(2)17-33)25(34)6-4-12-32-22(14-26-28-32)18-37-24(19)16-29(3)38(35,36)23-9-7-21(8-10-23)31-13-5-11-27-31/h5,7-11,13-14,19-20,24,33H,4,6,12,15-18H2,1-3H3/t19-,20+,24+/m1/s1. The molecule has 3 heterocycles. The molecule has 206 valence electrons. The highest BCUT2D eigenvalue weighted by Gasteiger charge is 2.31. The summed E-state index contributed by atoms with van der Waals surface area (Å²) in [5, 5.41) is 22.0. The molecule has 3 atom stereocenters. The number of sulfonamides is 1. The Bertz CT molecular complexity index is 1290. The Morgan fingerprint density at radius 2 is 2.03 bits per heavy atom. The molecule has 0 radical (unpaired) electrons. The first-order valence-electron chi connectivity index (χ1n) is 12.7. The van der Waals surface area contributed by atoms with Gasteiger partial charge < -0.3 is 14.7 Å². The van der Waals surface area contributed by atoms with E-state index < -0.39 is 16.1 Å². The molecule has 0 saturated heterocycles. The van der Waals surface area contributed by atoms with Gasteiger partial charge in [-0.2, -0.15) is 9.40 Å². The molecule has 1 N–H and O–H groups in total. The molecular formula is C25H35N7O5S. The lowest BCUT2D eigenvalue weighted by atomic mass is 10.0. The molecule has 0 aliphatic carbocycles. The zero-order valence-corrected chi connectivity index (χ0v) is 22.7. The lowest BCUT2D eigenvalue weighted by Gasteiger charge is -2.35. The van der Waals surface area contributed by atoms with Crippen molar-refractivity contribution in [2.75, 3.05) is 26.7 Å². The summed E-state index contributed by atoms with van der Waals surface area (Å²) in [4.78, 5) is 14.8. The summed E-state index contributed by atoms with van der Waals surface area (Å²) in [6.07, 6.45) is 5.41. The Hall–Kier alpha value is -3.13. The van der Waals surface area contributed by atoms with Crippen molar-refractivity contribution in [1.82, 2.24) is 34.0 Å². The maximum Gasteiger partial charge on any atom is 0.242 e. The number of likely N-dealkylation sites (N-methyl/N-ethyl adjacent to an activating group) is 1. The minimum atomic E-state index is -3.82. The van der Waals surface area contributed by atoms with Gasteiger partial charge in [0.15, 0.2) is 0 Å². The van der Waals surface area contributed by atoms with E-state index in [1.54, 1.807) is 70.1 Å². The van der Waals surface area contributed by atoms with Crippen LogP contribution in [0.5, 0.6) is 0 Å². The molecule has 0 unspecified atom stereocenters. The highest BCUT2D eigenvalue weighted by atomic mass is 32.2. The van der Waals surface area contributed by atoms with Crippen LogP contribution in [0.1, 0.15) is 32.4 Å². The van der Waals surface area contributed by atoms with Gasteiger partial charge in [0.1, 0.15) is 0 Å². The van der Waals surface area contributed by atoms with Gasteiger partial charge in [-0.1, -0.05) is 12.1 Å². The van der Waals surface area contributed by atoms with E-state index in [4.69, 9.17) is 4.74 Å². The van der Waals surface area contributed by atoms with Gasteiger partial charge in [-0.3, -0.25) is 4.79 Å². The van der Waals surface area contributed by atoms with Crippen molar-refractivity contribution in [1.29, 1.82) is 0 Å². The van der Waals surface area contributed by atoms with Crippen molar-refractivity contribution in [2.45, 2.75) is 56.9 Å². The second-order valence-corrected chi connectivity index (χ2v) is 11.7. The molecule has 1 amide bonds. The maximum atomic E-state index is 13.4. The second-order valence-electron chi connectivity index (χ2n) is 9.69. The molecule has 3 aromatic rings. The first-order valence-corrected chi connectivity index (χ1v) is 14.1. The second kappa shape index (κ2) is 12.2. The van der Waals surface area contributed by atoms with Gasteiger partial charge >= 0.3 is 0 Å². The highest BCUT2D eigenvalue weighted by molar-refractivity contribution is 7.89. The molecular weight excluding hydrogens is 510 g/mol. The summed E-state index contributed by atoms with van der Waals surface area (Å²) in [5.41, 5.74) is 1.51. The Labute approximate surface area is 222 Å². The summed E-state index contributed by atoms with van der Waals surface area (Å²) in [7, 11) is -2.30. The van der Waals surface area contributed by atoms with E-state index in [0.29, 0.717) is 25.9 Å². The Kier molecular flexibility index (Phi) is 8.92. The fourth-order valence-corrected chi connectivity index (χ4v) is 5.65. The van der Waals surface area contributed by atoms with E-state index in [1.807, 2.05) is 6.92 Å². The maximum absolute atomic E-state index is 13.4. The number of aromatic nitrogens is 5. The number of nitrogens with zero attached hydrogens (tertiary/aromatic N) is 7. The number of carbonyl (C=O) groups excluding carboxylic acids is 1. The van der Waals surface area contributed by atoms with Crippen LogP contribution in [0, 0.1) is 5.92 Å². The van der Waals surface area contributed by atoms with Crippen LogP contribution in [-0.4, -0.2) is 92.3 Å². The van der Waals surface area contributed by atoms with Crippen molar-refractivity contribution in [2.24, 2.45) is 5.92 Å². The highest BCUT2D eigenvalue weighted by Crippen LogP contribution is 2.22. The van der Waals surface area contributed by atoms with Crippen LogP contribution >= 0.6 is 0 Å². The summed E-state index contributed by atoms with van der Waals surface area (Å²) in [5.74, 6) is -0.297. The molecule has 0 spiro atoms. The number of amides is 1. The third-order valence-corrected chi connectivity index (χ3v) is 8.73. The van der Waals surface area contributed by atoms with Crippen molar-refractivity contribution in [3.63, 3.8) is 0 Å². The lowest BCUT2D eigenvalue weighted by molar-refractivity contribution is -0.136. The van der Waals surface area contributed by atoms with Gasteiger partial charge in [0, 0.05) is 51.4 Å². The summed E-state index contributed by atoms with van der Waals surface area (Å²) in [6, 6.07) is 7.95. The Morgan fingerprint density at radius 1 is 1.26 bits per heavy atom. The van der Waals surface area contributed by atoms with Crippen LogP contribution in [-0.2, 0) is 32.7 Å². The van der Waals surface area contributed by atoms with Crippen LogP contribution in [0.4, 0.5) is 0 Å². The predicted octanol–water partition coefficient (Wildman–Crippen LogP) is 1.31. The number of hydrogen-bond acceptors (Lipinski definition) is 8. The fourth-order valence-electron chi connectivity index (χ4n) is 4.47. The van der Waals surface area contributed by atoms with Gasteiger partial charge in [0.2, 0.25) is 15.9 Å². The Morgan fingerprint density at radius 3 is 2.71 bits per heavy atom. The first kappa shape index (κ1) is 27.9. The summed E-state index contributed by atoms with van der Waals surface area (Å²) < 4.78 is 37.8. The third kappa shape index (κ3) is 6.29. The third-order valence-electron chi connectivity index (χ3n) is 6.89. The van der Waals surface area contributed by atoms with Gasteiger partial charge in [0.05, 0.1) is 47.8 Å². The molecule has 4 rings (SSSR count). The van der Waals surface area contributed by atoms with E-state index in [2.05, 4.69) is 15.4 Å². The zero-order chi connectivity index (χ0) is 27.3. The number of hydrogen-bond donors (Lipinski definition) is 1. The molecule has 0 saturated carbocycles. The average molecular weight is 546 g/mol. The minimum absolute atomic E-state index is 0.0709. The van der Waals surface area contributed by atoms with E-state index in [-0.39, 0.29) is 42.5 Å². The van der Waals surface area contributed by atoms with Crippen molar-refractivity contribution >= 4 is 15.9 Å². The zero-order valence-electron chi connectivity index (χ0n) is 21.9. The van der Waals surface area contributed by atoms with E-state index in [9.17, 15) is 18.3 Å². The lowest BCUT2D eigenvalue weighted by Crippen LogP contribution is -2.47. The fraction of sp³-hybridized carbons (Fsp3) is 0.520. The molecule has 0 bridgehead atoms. The molecule has 1 aliphatic rings. The van der Waals surface area contributed by atoms with Crippen molar-refractivity contribution < 1.29 is 23.1 Å². The molecule has 13 heteroatoms. The summed E-state index contributed by atoms with van der Waals surface area (Å²) in [6.45, 7) is 4.67. The molecule has 12 nitrogen and oxygen atoms in total. The van der Waals surface area contributed by atoms with Gasteiger partial charge in [-0.05, 0) is 43.7 Å². The van der Waals surface area contributed by atoms with Crippen LogP contribution in [0.3, 0.4) is 0 Å². The number of aliphatic hydroxyl groups excluding tert-OH is 1. The van der Waals surface area contributed by atoms with Crippen LogP contribution < -0.4 is 0 Å². The Balaban J connectivity index is 1.56. The van der Waals surface area contributed by atoms with Crippen molar-refractivity contribution in [3.8, 4) is 5.69 Å². The number of aryl methyl sites for hydroxylation is 1. The molecule has 0 fully saturated rings. The topological polar surface area (TPSA) is 136 Å². The number of benzene rings is 1. The van der Waals surface area contributed by atoms with E-state index in [0.717, 1.165) is 11.4 Å². The average Bonchev–Trinajstić information content (AvgIpc) is 3.61. The van der Waals surface area contributed by atoms with Crippen LogP contribution in [0.25, 0.3) is 5.69 Å². The quantitative estimate of drug-likeness (QED) is 0.469. The smallest absolute Gasteiger partial charge is 0.242 e.